The number of hydrogen-bond acceptors (Lipinski definition) is 4. The first-order valence-electron chi connectivity index (χ1n) is 7.58. The van der Waals surface area contributed by atoms with E-state index in [1.165, 1.54) is 4.90 Å². The van der Waals surface area contributed by atoms with E-state index < -0.39 is 12.0 Å². The first-order valence-corrected chi connectivity index (χ1v) is 8.57. The summed E-state index contributed by atoms with van der Waals surface area (Å²) in [5, 5.41) is 11.9. The van der Waals surface area contributed by atoms with Crippen molar-refractivity contribution in [2.45, 2.75) is 30.2 Å². The minimum atomic E-state index is -0.829. The molecule has 1 aromatic rings. The summed E-state index contributed by atoms with van der Waals surface area (Å²) in [5.74, 6) is 0.0357. The molecule has 1 amide bonds. The van der Waals surface area contributed by atoms with Gasteiger partial charge in [0.15, 0.2) is 0 Å². The molecule has 120 valence electrons. The molecule has 0 bridgehead atoms. The predicted molar refractivity (Wildman–Crippen MR) is 87.0 cm³/mol. The average molecular weight is 322 g/mol. The van der Waals surface area contributed by atoms with Crippen molar-refractivity contribution in [1.29, 1.82) is 0 Å². The van der Waals surface area contributed by atoms with E-state index in [4.69, 9.17) is 5.11 Å². The van der Waals surface area contributed by atoms with Crippen LogP contribution in [0.3, 0.4) is 0 Å². The number of nitrogens with one attached hydrogen (secondary N) is 1. The molecule has 0 unspecified atom stereocenters. The second-order valence-corrected chi connectivity index (χ2v) is 6.50. The zero-order valence-electron chi connectivity index (χ0n) is 12.5. The Balaban J connectivity index is 1.59. The minimum Gasteiger partial charge on any atom is -0.480 e. The van der Waals surface area contributed by atoms with Gasteiger partial charge in [0.05, 0.1) is 6.54 Å². The van der Waals surface area contributed by atoms with Gasteiger partial charge in [-0.05, 0) is 43.7 Å². The van der Waals surface area contributed by atoms with E-state index in [0.717, 1.165) is 18.6 Å². The molecule has 1 heterocycles. The summed E-state index contributed by atoms with van der Waals surface area (Å²) >= 11 is 1.77. The van der Waals surface area contributed by atoms with Gasteiger partial charge in [-0.25, -0.2) is 0 Å². The van der Waals surface area contributed by atoms with Crippen LogP contribution in [0.2, 0.25) is 0 Å². The van der Waals surface area contributed by atoms with Crippen molar-refractivity contribution >= 4 is 23.6 Å². The van der Waals surface area contributed by atoms with E-state index in [-0.39, 0.29) is 12.5 Å². The average Bonchev–Trinajstić information content (AvgIpc) is 2.96. The monoisotopic (exact) mass is 322 g/mol. The van der Waals surface area contributed by atoms with Gasteiger partial charge in [0.1, 0.15) is 6.04 Å². The number of aliphatic carboxylic acids is 1. The Morgan fingerprint density at radius 1 is 1.32 bits per heavy atom. The Kier molecular flexibility index (Phi) is 6.74. The molecule has 1 aliphatic heterocycles. The fourth-order valence-corrected chi connectivity index (χ4v) is 3.42. The Labute approximate surface area is 135 Å². The van der Waals surface area contributed by atoms with Crippen LogP contribution in [0.5, 0.6) is 0 Å². The molecular formula is C16H22N2O3S. The van der Waals surface area contributed by atoms with Gasteiger partial charge in [0.2, 0.25) is 5.91 Å². The van der Waals surface area contributed by atoms with Crippen molar-refractivity contribution < 1.29 is 14.7 Å². The molecule has 6 heteroatoms. The zero-order chi connectivity index (χ0) is 15.8. The van der Waals surface area contributed by atoms with Crippen molar-refractivity contribution in [3.05, 3.63) is 30.3 Å². The summed E-state index contributed by atoms with van der Waals surface area (Å²) in [6.07, 6.45) is 2.38. The fourth-order valence-electron chi connectivity index (χ4n) is 2.54. The molecule has 1 aromatic carbocycles. The molecule has 1 fully saturated rings. The summed E-state index contributed by atoms with van der Waals surface area (Å²) in [6.45, 7) is 1.50. The molecule has 0 radical (unpaired) electrons. The molecule has 22 heavy (non-hydrogen) atoms. The van der Waals surface area contributed by atoms with Crippen LogP contribution in [0.15, 0.2) is 35.2 Å². The van der Waals surface area contributed by atoms with Crippen LogP contribution >= 0.6 is 11.8 Å². The molecule has 5 nitrogen and oxygen atoms in total. The standard InChI is InChI=1S/C16H22N2O3S/c19-15(12-18-10-4-8-14(18)16(20)21)17-9-5-11-22-13-6-2-1-3-7-13/h1-3,6-7,14H,4-5,8-12H2,(H,17,19)(H,20,21)/t14-/m0/s1. The Bertz CT molecular complexity index is 495. The zero-order valence-corrected chi connectivity index (χ0v) is 13.3. The number of carbonyl (C=O) groups is 2. The number of rotatable bonds is 8. The number of carbonyl (C=O) groups excluding carboxylic acids is 1. The molecule has 0 aromatic heterocycles. The number of amides is 1. The van der Waals surface area contributed by atoms with E-state index in [9.17, 15) is 9.59 Å². The third-order valence-electron chi connectivity index (χ3n) is 3.65. The van der Waals surface area contributed by atoms with Crippen LogP contribution in [0.1, 0.15) is 19.3 Å². The van der Waals surface area contributed by atoms with Crippen LogP contribution in [-0.4, -0.2) is 53.3 Å². The number of benzene rings is 1. The van der Waals surface area contributed by atoms with Crippen LogP contribution in [0.25, 0.3) is 0 Å². The molecule has 2 N–H and O–H groups in total. The number of thioether (sulfide) groups is 1. The fraction of sp³-hybridized carbons (Fsp3) is 0.500. The van der Waals surface area contributed by atoms with E-state index >= 15 is 0 Å². The Morgan fingerprint density at radius 3 is 2.82 bits per heavy atom. The van der Waals surface area contributed by atoms with Gasteiger partial charge >= 0.3 is 5.97 Å². The molecule has 1 atom stereocenters. The molecule has 2 rings (SSSR count). The molecule has 1 aliphatic rings. The second-order valence-electron chi connectivity index (χ2n) is 5.33. The maximum absolute atomic E-state index is 11.8. The van der Waals surface area contributed by atoms with Gasteiger partial charge in [-0.3, -0.25) is 14.5 Å². The van der Waals surface area contributed by atoms with Gasteiger partial charge in [0, 0.05) is 11.4 Å². The number of hydrogen-bond donors (Lipinski definition) is 2. The van der Waals surface area contributed by atoms with E-state index in [1.54, 1.807) is 16.7 Å². The Morgan fingerprint density at radius 2 is 2.09 bits per heavy atom. The van der Waals surface area contributed by atoms with Crippen molar-refractivity contribution in [1.82, 2.24) is 10.2 Å². The number of nitrogens with zero attached hydrogens (tertiary/aromatic N) is 1. The quantitative estimate of drug-likeness (QED) is 0.564. The Hall–Kier alpha value is -1.53. The second kappa shape index (κ2) is 8.80. The van der Waals surface area contributed by atoms with E-state index in [0.29, 0.717) is 19.5 Å². The molecule has 0 aliphatic carbocycles. The van der Waals surface area contributed by atoms with Crippen LogP contribution in [-0.2, 0) is 9.59 Å². The highest BCUT2D eigenvalue weighted by Crippen LogP contribution is 2.18. The lowest BCUT2D eigenvalue weighted by Gasteiger charge is -2.20. The minimum absolute atomic E-state index is 0.0853. The summed E-state index contributed by atoms with van der Waals surface area (Å²) in [4.78, 5) is 25.9. The van der Waals surface area contributed by atoms with Crippen LogP contribution in [0.4, 0.5) is 0 Å². The highest BCUT2D eigenvalue weighted by molar-refractivity contribution is 7.99. The first kappa shape index (κ1) is 16.8. The van der Waals surface area contributed by atoms with Gasteiger partial charge in [0.25, 0.3) is 0 Å². The summed E-state index contributed by atoms with van der Waals surface area (Å²) < 4.78 is 0. The smallest absolute Gasteiger partial charge is 0.320 e. The number of likely N-dealkylation sites (tertiary alicyclic amines) is 1. The molecule has 0 spiro atoms. The summed E-state index contributed by atoms with van der Waals surface area (Å²) in [5.41, 5.74) is 0. The molecule has 0 saturated carbocycles. The normalized spacial score (nSPS) is 18.3. The largest absolute Gasteiger partial charge is 0.480 e. The lowest BCUT2D eigenvalue weighted by atomic mass is 10.2. The highest BCUT2D eigenvalue weighted by Gasteiger charge is 2.31. The van der Waals surface area contributed by atoms with E-state index in [1.807, 2.05) is 18.2 Å². The maximum atomic E-state index is 11.8. The lowest BCUT2D eigenvalue weighted by molar-refractivity contribution is -0.142. The number of carboxylic acid groups (broad SMARTS) is 1. The maximum Gasteiger partial charge on any atom is 0.320 e. The van der Waals surface area contributed by atoms with Crippen LogP contribution in [0, 0.1) is 0 Å². The number of carboxylic acids is 1. The molecular weight excluding hydrogens is 300 g/mol. The lowest BCUT2D eigenvalue weighted by Crippen LogP contribution is -2.43. The predicted octanol–water partition coefficient (Wildman–Crippen LogP) is 1.83. The summed E-state index contributed by atoms with van der Waals surface area (Å²) in [7, 11) is 0. The van der Waals surface area contributed by atoms with Crippen molar-refractivity contribution in [3.63, 3.8) is 0 Å². The van der Waals surface area contributed by atoms with Crippen molar-refractivity contribution in [3.8, 4) is 0 Å². The van der Waals surface area contributed by atoms with Crippen LogP contribution < -0.4 is 5.32 Å². The summed E-state index contributed by atoms with van der Waals surface area (Å²) in [6, 6.07) is 9.66. The van der Waals surface area contributed by atoms with Crippen molar-refractivity contribution in [2.75, 3.05) is 25.4 Å². The highest BCUT2D eigenvalue weighted by atomic mass is 32.2. The topological polar surface area (TPSA) is 69.6 Å². The SMILES string of the molecule is O=C(CN1CCC[C@H]1C(=O)O)NCCCSc1ccccc1. The van der Waals surface area contributed by atoms with E-state index in [2.05, 4.69) is 17.4 Å². The first-order chi connectivity index (χ1) is 10.7. The van der Waals surface area contributed by atoms with Gasteiger partial charge in [-0.1, -0.05) is 18.2 Å². The van der Waals surface area contributed by atoms with Crippen molar-refractivity contribution in [2.24, 2.45) is 0 Å². The third-order valence-corrected chi connectivity index (χ3v) is 4.75. The third kappa shape index (κ3) is 5.35. The molecule has 1 saturated heterocycles. The van der Waals surface area contributed by atoms with Gasteiger partial charge in [-0.15, -0.1) is 11.8 Å². The van der Waals surface area contributed by atoms with Gasteiger partial charge < -0.3 is 10.4 Å². The van der Waals surface area contributed by atoms with Gasteiger partial charge in [-0.2, -0.15) is 0 Å².